The first-order valence-electron chi connectivity index (χ1n) is 8.88. The van der Waals surface area contributed by atoms with E-state index in [1.165, 1.54) is 6.20 Å². The smallest absolute Gasteiger partial charge is 0.342 e. The fourth-order valence-corrected chi connectivity index (χ4v) is 3.45. The molecule has 0 atom stereocenters. The van der Waals surface area contributed by atoms with Crippen molar-refractivity contribution >= 4 is 18.0 Å². The van der Waals surface area contributed by atoms with Gasteiger partial charge in [0.05, 0.1) is 12.2 Å². The Morgan fingerprint density at radius 1 is 1.07 bits per heavy atom. The van der Waals surface area contributed by atoms with E-state index in [-0.39, 0.29) is 5.82 Å². The van der Waals surface area contributed by atoms with Crippen molar-refractivity contribution in [2.75, 3.05) is 0 Å². The van der Waals surface area contributed by atoms with E-state index in [2.05, 4.69) is 9.97 Å². The van der Waals surface area contributed by atoms with Crippen molar-refractivity contribution in [1.82, 2.24) is 28.9 Å². The lowest BCUT2D eigenvalue weighted by molar-refractivity contribution is -0.392. The van der Waals surface area contributed by atoms with E-state index in [9.17, 15) is 10.1 Å². The van der Waals surface area contributed by atoms with Crippen LogP contribution in [0.25, 0.3) is 17.1 Å². The summed E-state index contributed by atoms with van der Waals surface area (Å²) in [4.78, 5) is 19.0. The molecule has 0 fully saturated rings. The Morgan fingerprint density at radius 2 is 1.76 bits per heavy atom. The fraction of sp³-hybridized carbons (Fsp3) is 0.158. The van der Waals surface area contributed by atoms with Crippen LogP contribution >= 0.6 is 12.2 Å². The molecule has 1 aromatic carbocycles. The van der Waals surface area contributed by atoms with Gasteiger partial charge in [0.1, 0.15) is 12.7 Å². The van der Waals surface area contributed by atoms with Gasteiger partial charge in [0, 0.05) is 24.9 Å². The lowest BCUT2D eigenvalue weighted by Crippen LogP contribution is -2.12. The number of benzene rings is 1. The molecule has 0 aliphatic rings. The maximum atomic E-state index is 11.3. The molecule has 0 spiro atoms. The number of para-hydroxylation sites is 1. The molecular weight excluding hydrogens is 390 g/mol. The molecule has 3 aromatic heterocycles. The van der Waals surface area contributed by atoms with E-state index in [0.29, 0.717) is 29.5 Å². The highest BCUT2D eigenvalue weighted by Crippen LogP contribution is 2.21. The number of aromatic nitrogens is 6. The topological polar surface area (TPSA) is 96.6 Å². The average molecular weight is 407 g/mol. The minimum atomic E-state index is -0.434. The molecular formula is C19H17N7O2S. The van der Waals surface area contributed by atoms with Crippen LogP contribution in [0.4, 0.5) is 5.82 Å². The molecule has 0 radical (unpaired) electrons. The lowest BCUT2D eigenvalue weighted by Gasteiger charge is -2.07. The monoisotopic (exact) mass is 407 g/mol. The largest absolute Gasteiger partial charge is 0.358 e. The third-order valence-corrected chi connectivity index (χ3v) is 4.96. The SMILES string of the molecule is Cc1ncc([N+](=O)[O-])n1CCn1c(-c2ccncc2)nn(-c2ccccc2)c1=S. The van der Waals surface area contributed by atoms with E-state index < -0.39 is 4.92 Å². The standard InChI is InChI=1S/C19H17N7O2S/c1-14-21-13-17(26(27)28)23(14)11-12-24-18(15-7-9-20-10-8-15)22-25(19(24)29)16-5-3-2-4-6-16/h2-10,13H,11-12H2,1H3. The van der Waals surface area contributed by atoms with E-state index in [1.807, 2.05) is 47.0 Å². The summed E-state index contributed by atoms with van der Waals surface area (Å²) in [6.07, 6.45) is 4.65. The lowest BCUT2D eigenvalue weighted by atomic mass is 10.2. The number of hydrogen-bond donors (Lipinski definition) is 0. The molecule has 146 valence electrons. The van der Waals surface area contributed by atoms with Gasteiger partial charge in [-0.15, -0.1) is 5.10 Å². The van der Waals surface area contributed by atoms with Gasteiger partial charge in [-0.1, -0.05) is 18.2 Å². The van der Waals surface area contributed by atoms with Crippen molar-refractivity contribution < 1.29 is 4.92 Å². The third-order valence-electron chi connectivity index (χ3n) is 4.57. The quantitative estimate of drug-likeness (QED) is 0.275. The second-order valence-electron chi connectivity index (χ2n) is 6.31. The molecule has 0 aliphatic carbocycles. The van der Waals surface area contributed by atoms with Crippen LogP contribution in [0.3, 0.4) is 0 Å². The van der Waals surface area contributed by atoms with Crippen LogP contribution in [0.1, 0.15) is 5.82 Å². The van der Waals surface area contributed by atoms with Gasteiger partial charge in [-0.3, -0.25) is 9.55 Å². The first kappa shape index (κ1) is 18.7. The molecule has 3 heterocycles. The Kier molecular flexibility index (Phi) is 5.00. The van der Waals surface area contributed by atoms with Crippen molar-refractivity contribution in [2.45, 2.75) is 20.0 Å². The number of aryl methyl sites for hydroxylation is 1. The summed E-state index contributed by atoms with van der Waals surface area (Å²) < 4.78 is 5.64. The minimum Gasteiger partial charge on any atom is -0.358 e. The Balaban J connectivity index is 1.78. The van der Waals surface area contributed by atoms with Gasteiger partial charge in [-0.05, 0) is 41.4 Å². The maximum Gasteiger partial charge on any atom is 0.342 e. The first-order chi connectivity index (χ1) is 14.1. The van der Waals surface area contributed by atoms with Gasteiger partial charge in [-0.25, -0.2) is 14.2 Å². The Hall–Kier alpha value is -3.66. The second-order valence-corrected chi connectivity index (χ2v) is 6.68. The Bertz CT molecular complexity index is 1210. The van der Waals surface area contributed by atoms with Crippen LogP contribution in [0, 0.1) is 21.8 Å². The molecule has 4 aromatic rings. The summed E-state index contributed by atoms with van der Waals surface area (Å²) in [7, 11) is 0. The van der Waals surface area contributed by atoms with Crippen molar-refractivity contribution in [1.29, 1.82) is 0 Å². The molecule has 9 nitrogen and oxygen atoms in total. The zero-order valence-corrected chi connectivity index (χ0v) is 16.4. The van der Waals surface area contributed by atoms with Crippen molar-refractivity contribution in [3.63, 3.8) is 0 Å². The van der Waals surface area contributed by atoms with Crippen LogP contribution in [0.15, 0.2) is 61.1 Å². The molecule has 0 unspecified atom stereocenters. The van der Waals surface area contributed by atoms with Gasteiger partial charge in [0.15, 0.2) is 11.6 Å². The van der Waals surface area contributed by atoms with Gasteiger partial charge >= 0.3 is 5.82 Å². The summed E-state index contributed by atoms with van der Waals surface area (Å²) in [6.45, 7) is 2.49. The summed E-state index contributed by atoms with van der Waals surface area (Å²) >= 11 is 5.70. The summed E-state index contributed by atoms with van der Waals surface area (Å²) in [5.41, 5.74) is 1.70. The van der Waals surface area contributed by atoms with Gasteiger partial charge in [-0.2, -0.15) is 0 Å². The summed E-state index contributed by atoms with van der Waals surface area (Å²) in [5, 5.41) is 16.0. The van der Waals surface area contributed by atoms with Gasteiger partial charge < -0.3 is 10.1 Å². The van der Waals surface area contributed by atoms with Crippen molar-refractivity contribution in [3.05, 3.63) is 81.8 Å². The maximum absolute atomic E-state index is 11.3. The molecule has 10 heteroatoms. The molecule has 0 N–H and O–H groups in total. The summed E-state index contributed by atoms with van der Waals surface area (Å²) in [5.74, 6) is 1.20. The van der Waals surface area contributed by atoms with Crippen LogP contribution in [0.2, 0.25) is 0 Å². The Labute approximate surface area is 171 Å². The van der Waals surface area contributed by atoms with Crippen LogP contribution < -0.4 is 0 Å². The minimum absolute atomic E-state index is 0.0464. The molecule has 29 heavy (non-hydrogen) atoms. The Morgan fingerprint density at radius 3 is 2.45 bits per heavy atom. The third kappa shape index (κ3) is 3.57. The first-order valence-corrected chi connectivity index (χ1v) is 9.29. The number of pyridine rings is 1. The number of nitro groups is 1. The van der Waals surface area contributed by atoms with Crippen LogP contribution in [-0.4, -0.2) is 33.8 Å². The highest BCUT2D eigenvalue weighted by atomic mass is 32.1. The van der Waals surface area contributed by atoms with Gasteiger partial charge in [0.25, 0.3) is 0 Å². The highest BCUT2D eigenvalue weighted by Gasteiger charge is 2.19. The average Bonchev–Trinajstić information content (AvgIpc) is 3.27. The molecule has 0 amide bonds. The normalized spacial score (nSPS) is 10.9. The van der Waals surface area contributed by atoms with E-state index >= 15 is 0 Å². The zero-order valence-electron chi connectivity index (χ0n) is 15.5. The number of imidazole rings is 1. The fourth-order valence-electron chi connectivity index (χ4n) is 3.13. The van der Waals surface area contributed by atoms with Crippen LogP contribution in [0.5, 0.6) is 0 Å². The zero-order chi connectivity index (χ0) is 20.4. The molecule has 0 saturated heterocycles. The number of nitrogens with zero attached hydrogens (tertiary/aromatic N) is 7. The second kappa shape index (κ2) is 7.76. The molecule has 0 bridgehead atoms. The van der Waals surface area contributed by atoms with Crippen molar-refractivity contribution in [3.8, 4) is 17.1 Å². The molecule has 0 aliphatic heterocycles. The van der Waals surface area contributed by atoms with E-state index in [1.54, 1.807) is 28.6 Å². The van der Waals surface area contributed by atoms with E-state index in [0.717, 1.165) is 11.3 Å². The number of rotatable bonds is 6. The number of hydrogen-bond acceptors (Lipinski definition) is 6. The molecule has 0 saturated carbocycles. The van der Waals surface area contributed by atoms with Crippen molar-refractivity contribution in [2.24, 2.45) is 0 Å². The predicted molar refractivity (Wildman–Crippen MR) is 109 cm³/mol. The molecule has 4 rings (SSSR count). The van der Waals surface area contributed by atoms with Crippen LogP contribution in [-0.2, 0) is 13.1 Å². The highest BCUT2D eigenvalue weighted by molar-refractivity contribution is 7.71. The van der Waals surface area contributed by atoms with E-state index in [4.69, 9.17) is 17.3 Å². The van der Waals surface area contributed by atoms with Gasteiger partial charge in [0.2, 0.25) is 4.77 Å². The predicted octanol–water partition coefficient (Wildman–Crippen LogP) is 3.58. The summed E-state index contributed by atoms with van der Waals surface area (Å²) in [6, 6.07) is 13.3.